The molecule has 0 N–H and O–H groups in total. The number of esters is 3. The minimum absolute atomic E-state index is 0.0860. The van der Waals surface area contributed by atoms with Crippen LogP contribution in [0.4, 0.5) is 0 Å². The fourth-order valence-corrected chi connectivity index (χ4v) is 8.48. The maximum atomic E-state index is 12.9. The third-order valence-electron chi connectivity index (χ3n) is 13.1. The van der Waals surface area contributed by atoms with Gasteiger partial charge < -0.3 is 14.2 Å². The smallest absolute Gasteiger partial charge is 0.306 e. The van der Waals surface area contributed by atoms with Crippen LogP contribution < -0.4 is 0 Å². The van der Waals surface area contributed by atoms with Crippen LogP contribution >= 0.6 is 0 Å². The standard InChI is InChI=1S/C67H114O6/c1-4-7-10-13-16-19-22-25-27-28-29-30-31-32-33-34-35-36-37-38-40-42-45-48-51-54-57-60-66(69)72-63-64(62-71-65(68)59-56-53-50-47-44-41-24-21-18-15-12-9-6-3)73-67(70)61-58-55-52-49-46-43-39-26-23-20-17-14-11-8-5-2/h7,10,16,19,21,24-25,27,29-30,32-33,35-36,38,40,64H,4-6,8-9,11-15,17-18,20,22-23,26,28,31,34,37,39,41-63H2,1-3H3/b10-7-,19-16-,24-21-,27-25-,30-29-,33-32-,36-35-,40-38-. The van der Waals surface area contributed by atoms with Crippen LogP contribution in [-0.4, -0.2) is 37.2 Å². The fourth-order valence-electron chi connectivity index (χ4n) is 8.48. The zero-order valence-electron chi connectivity index (χ0n) is 47.9. The number of rotatable bonds is 55. The summed E-state index contributed by atoms with van der Waals surface area (Å²) in [4.78, 5) is 38.2. The lowest BCUT2D eigenvalue weighted by Gasteiger charge is -2.18. The number of allylic oxidation sites excluding steroid dienone is 16. The van der Waals surface area contributed by atoms with Crippen molar-refractivity contribution < 1.29 is 28.6 Å². The van der Waals surface area contributed by atoms with Crippen molar-refractivity contribution in [1.29, 1.82) is 0 Å². The van der Waals surface area contributed by atoms with Gasteiger partial charge in [-0.25, -0.2) is 0 Å². The molecule has 6 heteroatoms. The molecule has 73 heavy (non-hydrogen) atoms. The summed E-state index contributed by atoms with van der Waals surface area (Å²) in [5, 5.41) is 0. The van der Waals surface area contributed by atoms with E-state index in [2.05, 4.69) is 118 Å². The number of hydrogen-bond donors (Lipinski definition) is 0. The highest BCUT2D eigenvalue weighted by Gasteiger charge is 2.19. The molecule has 0 amide bonds. The summed E-state index contributed by atoms with van der Waals surface area (Å²) < 4.78 is 16.9. The van der Waals surface area contributed by atoms with Crippen molar-refractivity contribution in [2.75, 3.05) is 13.2 Å². The molecule has 0 aromatic rings. The highest BCUT2D eigenvalue weighted by Crippen LogP contribution is 2.16. The Balaban J connectivity index is 4.35. The summed E-state index contributed by atoms with van der Waals surface area (Å²) in [5.74, 6) is -0.905. The largest absolute Gasteiger partial charge is 0.462 e. The Morgan fingerprint density at radius 2 is 0.534 bits per heavy atom. The van der Waals surface area contributed by atoms with E-state index in [1.165, 1.54) is 122 Å². The van der Waals surface area contributed by atoms with Gasteiger partial charge in [0.15, 0.2) is 6.10 Å². The molecule has 418 valence electrons. The van der Waals surface area contributed by atoms with Gasteiger partial charge in [0.2, 0.25) is 0 Å². The summed E-state index contributed by atoms with van der Waals surface area (Å²) in [6, 6.07) is 0. The molecule has 0 aromatic carbocycles. The summed E-state index contributed by atoms with van der Waals surface area (Å²) in [6.07, 6.45) is 81.2. The van der Waals surface area contributed by atoms with E-state index in [-0.39, 0.29) is 31.1 Å². The molecule has 0 aromatic heterocycles. The van der Waals surface area contributed by atoms with E-state index >= 15 is 0 Å². The Kier molecular flexibility index (Phi) is 57.8. The van der Waals surface area contributed by atoms with Gasteiger partial charge in [0, 0.05) is 19.3 Å². The van der Waals surface area contributed by atoms with Crippen molar-refractivity contribution in [3.63, 3.8) is 0 Å². The zero-order valence-corrected chi connectivity index (χ0v) is 47.9. The Bertz CT molecular complexity index is 1440. The van der Waals surface area contributed by atoms with E-state index in [1.54, 1.807) is 0 Å². The lowest BCUT2D eigenvalue weighted by molar-refractivity contribution is -0.167. The van der Waals surface area contributed by atoms with Gasteiger partial charge in [0.05, 0.1) is 0 Å². The van der Waals surface area contributed by atoms with Crippen molar-refractivity contribution in [2.24, 2.45) is 0 Å². The normalized spacial score (nSPS) is 12.8. The van der Waals surface area contributed by atoms with Gasteiger partial charge in [0.25, 0.3) is 0 Å². The molecule has 0 saturated carbocycles. The van der Waals surface area contributed by atoms with E-state index in [4.69, 9.17) is 14.2 Å². The molecule has 0 fully saturated rings. The quantitative estimate of drug-likeness (QED) is 0.0261. The van der Waals surface area contributed by atoms with Gasteiger partial charge in [-0.2, -0.15) is 0 Å². The highest BCUT2D eigenvalue weighted by molar-refractivity contribution is 5.71. The molecule has 0 aliphatic carbocycles. The summed E-state index contributed by atoms with van der Waals surface area (Å²) in [7, 11) is 0. The predicted octanol–water partition coefficient (Wildman–Crippen LogP) is 20.9. The second-order valence-electron chi connectivity index (χ2n) is 20.2. The van der Waals surface area contributed by atoms with Crippen LogP contribution in [0.5, 0.6) is 0 Å². The zero-order chi connectivity index (χ0) is 52.9. The maximum absolute atomic E-state index is 12.9. The summed E-state index contributed by atoms with van der Waals surface area (Å²) >= 11 is 0. The van der Waals surface area contributed by atoms with Gasteiger partial charge in [-0.15, -0.1) is 0 Å². The van der Waals surface area contributed by atoms with Crippen LogP contribution in [0, 0.1) is 0 Å². The molecule has 0 aliphatic heterocycles. The molecule has 1 unspecified atom stereocenters. The topological polar surface area (TPSA) is 78.9 Å². The van der Waals surface area contributed by atoms with Gasteiger partial charge in [0.1, 0.15) is 13.2 Å². The first-order valence-corrected chi connectivity index (χ1v) is 30.7. The minimum atomic E-state index is -0.788. The Hall–Kier alpha value is -3.67. The Labute approximate surface area is 451 Å². The van der Waals surface area contributed by atoms with Crippen LogP contribution in [-0.2, 0) is 28.6 Å². The van der Waals surface area contributed by atoms with E-state index in [1.807, 2.05) is 0 Å². The number of ether oxygens (including phenoxy) is 3. The monoisotopic (exact) mass is 1010 g/mol. The summed E-state index contributed by atoms with van der Waals surface area (Å²) in [6.45, 7) is 6.51. The first-order chi connectivity index (χ1) is 36.0. The van der Waals surface area contributed by atoms with E-state index in [0.717, 1.165) is 128 Å². The number of carbonyl (C=O) groups is 3. The minimum Gasteiger partial charge on any atom is -0.462 e. The molecule has 1 atom stereocenters. The van der Waals surface area contributed by atoms with Crippen molar-refractivity contribution >= 4 is 17.9 Å². The third-order valence-corrected chi connectivity index (χ3v) is 13.1. The van der Waals surface area contributed by atoms with Crippen LogP contribution in [0.1, 0.15) is 290 Å². The molecular formula is C67H114O6. The van der Waals surface area contributed by atoms with E-state index in [0.29, 0.717) is 19.3 Å². The van der Waals surface area contributed by atoms with E-state index in [9.17, 15) is 14.4 Å². The first-order valence-electron chi connectivity index (χ1n) is 30.7. The second-order valence-corrected chi connectivity index (χ2v) is 20.2. The Morgan fingerprint density at radius 3 is 0.863 bits per heavy atom. The van der Waals surface area contributed by atoms with Crippen molar-refractivity contribution in [1.82, 2.24) is 0 Å². The van der Waals surface area contributed by atoms with Crippen molar-refractivity contribution in [3.8, 4) is 0 Å². The maximum Gasteiger partial charge on any atom is 0.306 e. The lowest BCUT2D eigenvalue weighted by Crippen LogP contribution is -2.30. The Morgan fingerprint density at radius 1 is 0.288 bits per heavy atom. The van der Waals surface area contributed by atoms with Crippen molar-refractivity contribution in [3.05, 3.63) is 97.2 Å². The number of unbranched alkanes of at least 4 members (excludes halogenated alkanes) is 28. The van der Waals surface area contributed by atoms with Crippen molar-refractivity contribution in [2.45, 2.75) is 297 Å². The molecule has 0 heterocycles. The first kappa shape index (κ1) is 69.3. The lowest BCUT2D eigenvalue weighted by atomic mass is 10.0. The molecule has 0 saturated heterocycles. The molecule has 0 radical (unpaired) electrons. The number of carbonyl (C=O) groups excluding carboxylic acids is 3. The average Bonchev–Trinajstić information content (AvgIpc) is 3.39. The molecule has 6 nitrogen and oxygen atoms in total. The molecule has 0 aliphatic rings. The second kappa shape index (κ2) is 60.9. The fraction of sp³-hybridized carbons (Fsp3) is 0.716. The summed E-state index contributed by atoms with van der Waals surface area (Å²) in [5.41, 5.74) is 0. The van der Waals surface area contributed by atoms with Crippen LogP contribution in [0.15, 0.2) is 97.2 Å². The van der Waals surface area contributed by atoms with Gasteiger partial charge in [-0.3, -0.25) is 14.4 Å². The molecule has 0 bridgehead atoms. The molecule has 0 rings (SSSR count). The van der Waals surface area contributed by atoms with Crippen LogP contribution in [0.3, 0.4) is 0 Å². The highest BCUT2D eigenvalue weighted by atomic mass is 16.6. The number of hydrogen-bond acceptors (Lipinski definition) is 6. The molecular weight excluding hydrogens is 901 g/mol. The average molecular weight is 1020 g/mol. The SMILES string of the molecule is CC/C=C\C/C=C\C/C=C\C/C=C\C/C=C\C/C=C\C/C=C\CCCCCCCC(=O)OCC(COC(=O)CCCCCCC/C=C\CCCCCC)OC(=O)CCCCCCCCCCCCCCCCC. The molecule has 0 spiro atoms. The predicted molar refractivity (Wildman–Crippen MR) is 316 cm³/mol. The van der Waals surface area contributed by atoms with Gasteiger partial charge in [-0.1, -0.05) is 266 Å². The van der Waals surface area contributed by atoms with E-state index < -0.39 is 6.10 Å². The van der Waals surface area contributed by atoms with Gasteiger partial charge in [-0.05, 0) is 103 Å². The third kappa shape index (κ3) is 59.1. The van der Waals surface area contributed by atoms with Crippen LogP contribution in [0.25, 0.3) is 0 Å². The van der Waals surface area contributed by atoms with Gasteiger partial charge >= 0.3 is 17.9 Å². The van der Waals surface area contributed by atoms with Crippen LogP contribution in [0.2, 0.25) is 0 Å².